The van der Waals surface area contributed by atoms with E-state index in [2.05, 4.69) is 4.98 Å². The summed E-state index contributed by atoms with van der Waals surface area (Å²) < 4.78 is 24.1. The van der Waals surface area contributed by atoms with E-state index in [9.17, 15) is 13.6 Å². The van der Waals surface area contributed by atoms with E-state index in [-0.39, 0.29) is 12.4 Å². The molecule has 6 heteroatoms. The lowest BCUT2D eigenvalue weighted by atomic mass is 10.2. The summed E-state index contributed by atoms with van der Waals surface area (Å²) in [6, 6.07) is 2.40. The molecule has 1 rings (SSSR count). The zero-order chi connectivity index (χ0) is 9.14. The van der Waals surface area contributed by atoms with Crippen molar-refractivity contribution >= 4 is 18.4 Å². The summed E-state index contributed by atoms with van der Waals surface area (Å²) >= 11 is 0. The minimum atomic E-state index is -2.85. The molecule has 1 aromatic heterocycles. The first-order valence-corrected chi connectivity index (χ1v) is 3.09. The van der Waals surface area contributed by atoms with Gasteiger partial charge in [0.15, 0.2) is 0 Å². The lowest BCUT2D eigenvalue weighted by Crippen LogP contribution is -2.04. The number of rotatable bonds is 2. The molecule has 0 fully saturated rings. The van der Waals surface area contributed by atoms with E-state index in [4.69, 9.17) is 5.11 Å². The van der Waals surface area contributed by atoms with Crippen molar-refractivity contribution in [3.8, 4) is 0 Å². The first kappa shape index (κ1) is 11.8. The number of hydrogen-bond acceptors (Lipinski definition) is 2. The number of aromatic nitrogens is 1. The molecule has 0 aliphatic carbocycles. The van der Waals surface area contributed by atoms with Gasteiger partial charge in [0.05, 0.1) is 5.56 Å². The Morgan fingerprint density at radius 1 is 1.54 bits per heavy atom. The molecule has 0 spiro atoms. The number of carboxylic acid groups (broad SMARTS) is 1. The van der Waals surface area contributed by atoms with Crippen LogP contribution in [0.5, 0.6) is 0 Å². The third-order valence-corrected chi connectivity index (χ3v) is 1.28. The maximum atomic E-state index is 12.1. The molecule has 72 valence electrons. The number of halogens is 3. The van der Waals surface area contributed by atoms with Crippen LogP contribution in [0.4, 0.5) is 8.78 Å². The molecule has 1 N–H and O–H groups in total. The van der Waals surface area contributed by atoms with E-state index in [0.717, 1.165) is 12.3 Å². The van der Waals surface area contributed by atoms with Crippen molar-refractivity contribution in [3.63, 3.8) is 0 Å². The number of carbonyl (C=O) groups is 1. The summed E-state index contributed by atoms with van der Waals surface area (Å²) in [6.45, 7) is 0. The van der Waals surface area contributed by atoms with Gasteiger partial charge in [0.1, 0.15) is 5.69 Å². The Balaban J connectivity index is 0.00000144. The quantitative estimate of drug-likeness (QED) is 0.812. The van der Waals surface area contributed by atoms with Crippen LogP contribution in [-0.4, -0.2) is 16.1 Å². The zero-order valence-corrected chi connectivity index (χ0v) is 7.09. The molecule has 0 aliphatic rings. The smallest absolute Gasteiger partial charge is 0.337 e. The molecule has 0 amide bonds. The molecular formula is C7H6ClF2NO2. The Morgan fingerprint density at radius 2 is 2.15 bits per heavy atom. The summed E-state index contributed by atoms with van der Waals surface area (Å²) in [7, 11) is 0. The second-order valence-corrected chi connectivity index (χ2v) is 2.04. The van der Waals surface area contributed by atoms with Gasteiger partial charge >= 0.3 is 5.97 Å². The van der Waals surface area contributed by atoms with Gasteiger partial charge in [0.2, 0.25) is 0 Å². The molecule has 1 aromatic rings. The number of nitrogens with zero attached hydrogens (tertiary/aromatic N) is 1. The van der Waals surface area contributed by atoms with E-state index >= 15 is 0 Å². The van der Waals surface area contributed by atoms with Crippen LogP contribution >= 0.6 is 12.4 Å². The zero-order valence-electron chi connectivity index (χ0n) is 6.28. The van der Waals surface area contributed by atoms with Crippen molar-refractivity contribution in [2.75, 3.05) is 0 Å². The summed E-state index contributed by atoms with van der Waals surface area (Å²) in [4.78, 5) is 13.6. The number of aromatic carboxylic acids is 1. The molecule has 0 radical (unpaired) electrons. The fourth-order valence-electron chi connectivity index (χ4n) is 0.772. The molecule has 0 unspecified atom stereocenters. The largest absolute Gasteiger partial charge is 0.478 e. The highest BCUT2D eigenvalue weighted by Gasteiger charge is 2.17. The van der Waals surface area contributed by atoms with Crippen LogP contribution in [0.15, 0.2) is 18.3 Å². The van der Waals surface area contributed by atoms with Gasteiger partial charge in [-0.1, -0.05) is 0 Å². The third kappa shape index (κ3) is 2.62. The highest BCUT2D eigenvalue weighted by Crippen LogP contribution is 2.19. The summed E-state index contributed by atoms with van der Waals surface area (Å²) in [5, 5.41) is 8.44. The predicted octanol–water partition coefficient (Wildman–Crippen LogP) is 2.14. The van der Waals surface area contributed by atoms with Gasteiger partial charge in [-0.15, -0.1) is 12.4 Å². The fraction of sp³-hybridized carbons (Fsp3) is 0.143. The molecule has 0 aliphatic heterocycles. The van der Waals surface area contributed by atoms with E-state index in [1.807, 2.05) is 0 Å². The summed E-state index contributed by atoms with van der Waals surface area (Å²) in [5.74, 6) is -1.39. The lowest BCUT2D eigenvalue weighted by molar-refractivity contribution is 0.0682. The van der Waals surface area contributed by atoms with Crippen molar-refractivity contribution in [2.45, 2.75) is 6.43 Å². The minimum Gasteiger partial charge on any atom is -0.478 e. The third-order valence-electron chi connectivity index (χ3n) is 1.28. The van der Waals surface area contributed by atoms with Gasteiger partial charge in [-0.2, -0.15) is 0 Å². The Morgan fingerprint density at radius 3 is 2.54 bits per heavy atom. The summed E-state index contributed by atoms with van der Waals surface area (Å²) in [5.41, 5.74) is -1.14. The van der Waals surface area contributed by atoms with Crippen molar-refractivity contribution in [3.05, 3.63) is 29.6 Å². The normalized spacial score (nSPS) is 9.46. The van der Waals surface area contributed by atoms with Crippen LogP contribution in [0.1, 0.15) is 22.5 Å². The molecule has 3 nitrogen and oxygen atoms in total. The average Bonchev–Trinajstić information content (AvgIpc) is 2.04. The molecule has 13 heavy (non-hydrogen) atoms. The number of alkyl halides is 2. The average molecular weight is 210 g/mol. The second kappa shape index (κ2) is 4.71. The Kier molecular flexibility index (Phi) is 4.27. The van der Waals surface area contributed by atoms with Gasteiger partial charge in [0.25, 0.3) is 6.43 Å². The van der Waals surface area contributed by atoms with E-state index in [1.54, 1.807) is 0 Å². The molecule has 0 saturated heterocycles. The van der Waals surface area contributed by atoms with Crippen LogP contribution in [0.2, 0.25) is 0 Å². The van der Waals surface area contributed by atoms with Crippen LogP contribution in [0.3, 0.4) is 0 Å². The van der Waals surface area contributed by atoms with Gasteiger partial charge < -0.3 is 5.11 Å². The van der Waals surface area contributed by atoms with Gasteiger partial charge in [0, 0.05) is 6.20 Å². The topological polar surface area (TPSA) is 50.2 Å². The number of hydrogen-bond donors (Lipinski definition) is 1. The van der Waals surface area contributed by atoms with E-state index in [1.165, 1.54) is 6.07 Å². The molecule has 0 bridgehead atoms. The predicted molar refractivity (Wildman–Crippen MR) is 43.4 cm³/mol. The van der Waals surface area contributed by atoms with Crippen LogP contribution in [0, 0.1) is 0 Å². The minimum absolute atomic E-state index is 0. The van der Waals surface area contributed by atoms with Crippen molar-refractivity contribution in [1.29, 1.82) is 0 Å². The van der Waals surface area contributed by atoms with Crippen molar-refractivity contribution < 1.29 is 18.7 Å². The maximum absolute atomic E-state index is 12.1. The van der Waals surface area contributed by atoms with Crippen molar-refractivity contribution in [1.82, 2.24) is 4.98 Å². The monoisotopic (exact) mass is 209 g/mol. The highest BCUT2D eigenvalue weighted by molar-refractivity contribution is 5.88. The van der Waals surface area contributed by atoms with E-state index < -0.39 is 23.7 Å². The molecule has 1 heterocycles. The first-order chi connectivity index (χ1) is 5.63. The van der Waals surface area contributed by atoms with E-state index in [0.29, 0.717) is 0 Å². The Labute approximate surface area is 78.8 Å². The van der Waals surface area contributed by atoms with Gasteiger partial charge in [-0.25, -0.2) is 13.6 Å². The second-order valence-electron chi connectivity index (χ2n) is 2.04. The van der Waals surface area contributed by atoms with Crippen LogP contribution in [0.25, 0.3) is 0 Å². The standard InChI is InChI=1S/C7H5F2NO2.ClH/c8-6(9)5-4(7(11)12)2-1-3-10-5;/h1-3,6H,(H,11,12);1H. The summed E-state index contributed by atoms with van der Waals surface area (Å²) in [6.07, 6.45) is -1.72. The molecule has 0 atom stereocenters. The SMILES string of the molecule is Cl.O=C(O)c1cccnc1C(F)F. The van der Waals surface area contributed by atoms with Crippen molar-refractivity contribution in [2.24, 2.45) is 0 Å². The highest BCUT2D eigenvalue weighted by atomic mass is 35.5. The Bertz CT molecular complexity index is 306. The number of pyridine rings is 1. The fourth-order valence-corrected chi connectivity index (χ4v) is 0.772. The molecular weight excluding hydrogens is 204 g/mol. The lowest BCUT2D eigenvalue weighted by Gasteiger charge is -2.01. The van der Waals surface area contributed by atoms with Crippen LogP contribution in [-0.2, 0) is 0 Å². The molecule has 0 saturated carbocycles. The Hall–Kier alpha value is -1.23. The van der Waals surface area contributed by atoms with Gasteiger partial charge in [-0.3, -0.25) is 4.98 Å². The first-order valence-electron chi connectivity index (χ1n) is 3.09. The molecule has 0 aromatic carbocycles. The van der Waals surface area contributed by atoms with Crippen LogP contribution < -0.4 is 0 Å². The van der Waals surface area contributed by atoms with Gasteiger partial charge in [-0.05, 0) is 12.1 Å². The number of carboxylic acids is 1. The maximum Gasteiger partial charge on any atom is 0.337 e.